The fourth-order valence-corrected chi connectivity index (χ4v) is 5.37. The standard InChI is InChI=1S/C32H31NS/c1-6-12-28(23(4)7-2)27(8-3)32-22-21-31(34-32)25-17-19-26(20-18-25)33(5)30-16-11-14-24-13-9-10-15-29(24)30/h6-22H,2H2,1,3-5H3/b12-6-,27-8+,28-23-. The van der Waals surface area contributed by atoms with Gasteiger partial charge in [0, 0.05) is 33.6 Å². The van der Waals surface area contributed by atoms with Gasteiger partial charge in [-0.1, -0.05) is 79.4 Å². The van der Waals surface area contributed by atoms with Gasteiger partial charge in [-0.25, -0.2) is 0 Å². The molecule has 2 heteroatoms. The Morgan fingerprint density at radius 1 is 0.882 bits per heavy atom. The molecule has 1 aromatic heterocycles. The number of benzene rings is 3. The van der Waals surface area contributed by atoms with Crippen molar-refractivity contribution in [2.24, 2.45) is 0 Å². The van der Waals surface area contributed by atoms with E-state index in [1.807, 2.05) is 17.4 Å². The number of anilines is 2. The summed E-state index contributed by atoms with van der Waals surface area (Å²) >= 11 is 1.83. The fourth-order valence-electron chi connectivity index (χ4n) is 4.27. The molecule has 0 saturated carbocycles. The molecule has 4 rings (SSSR count). The van der Waals surface area contributed by atoms with Crippen molar-refractivity contribution in [1.82, 2.24) is 0 Å². The molecule has 34 heavy (non-hydrogen) atoms. The molecule has 0 amide bonds. The number of rotatable bonds is 7. The summed E-state index contributed by atoms with van der Waals surface area (Å²) in [6.07, 6.45) is 8.38. The van der Waals surface area contributed by atoms with Crippen molar-refractivity contribution in [2.75, 3.05) is 11.9 Å². The van der Waals surface area contributed by atoms with Crippen molar-refractivity contribution in [3.63, 3.8) is 0 Å². The molecule has 0 N–H and O–H groups in total. The van der Waals surface area contributed by atoms with Crippen LogP contribution in [-0.2, 0) is 0 Å². The molecule has 3 aromatic carbocycles. The highest BCUT2D eigenvalue weighted by molar-refractivity contribution is 7.16. The maximum absolute atomic E-state index is 3.97. The molecule has 0 fully saturated rings. The van der Waals surface area contributed by atoms with Crippen LogP contribution in [0.1, 0.15) is 25.6 Å². The Bertz CT molecular complexity index is 1390. The fraction of sp³-hybridized carbons (Fsp3) is 0.125. The molecule has 170 valence electrons. The monoisotopic (exact) mass is 461 g/mol. The molecular formula is C32H31NS. The molecule has 0 unspecified atom stereocenters. The molecule has 4 aromatic rings. The first kappa shape index (κ1) is 23.5. The molecule has 0 aliphatic rings. The Morgan fingerprint density at radius 2 is 1.62 bits per heavy atom. The molecule has 0 saturated heterocycles. The predicted octanol–water partition coefficient (Wildman–Crippen LogP) is 9.82. The summed E-state index contributed by atoms with van der Waals surface area (Å²) in [5, 5.41) is 2.52. The summed E-state index contributed by atoms with van der Waals surface area (Å²) in [6.45, 7) is 10.2. The van der Waals surface area contributed by atoms with E-state index >= 15 is 0 Å². The van der Waals surface area contributed by atoms with Gasteiger partial charge in [-0.3, -0.25) is 0 Å². The van der Waals surface area contributed by atoms with Crippen molar-refractivity contribution < 1.29 is 0 Å². The molecule has 0 aliphatic heterocycles. The zero-order chi connectivity index (χ0) is 24.1. The molecule has 0 atom stereocenters. The van der Waals surface area contributed by atoms with E-state index in [-0.39, 0.29) is 0 Å². The van der Waals surface area contributed by atoms with Gasteiger partial charge in [0.05, 0.1) is 0 Å². The van der Waals surface area contributed by atoms with Crippen molar-refractivity contribution in [1.29, 1.82) is 0 Å². The zero-order valence-corrected chi connectivity index (χ0v) is 21.2. The molecule has 0 radical (unpaired) electrons. The third kappa shape index (κ3) is 4.69. The lowest BCUT2D eigenvalue weighted by Crippen LogP contribution is -2.09. The van der Waals surface area contributed by atoms with Crippen molar-refractivity contribution >= 4 is 39.1 Å². The minimum atomic E-state index is 1.17. The van der Waals surface area contributed by atoms with E-state index in [0.717, 1.165) is 0 Å². The highest BCUT2D eigenvalue weighted by Crippen LogP contribution is 2.38. The number of thiophene rings is 1. The summed E-state index contributed by atoms with van der Waals surface area (Å²) < 4.78 is 0. The summed E-state index contributed by atoms with van der Waals surface area (Å²) in [5.41, 5.74) is 7.27. The molecule has 0 bridgehead atoms. The first-order valence-electron chi connectivity index (χ1n) is 11.6. The van der Waals surface area contributed by atoms with Gasteiger partial charge in [0.15, 0.2) is 0 Å². The van der Waals surface area contributed by atoms with Gasteiger partial charge in [0.2, 0.25) is 0 Å². The maximum atomic E-state index is 3.97. The van der Waals surface area contributed by atoms with Crippen LogP contribution in [0, 0.1) is 0 Å². The van der Waals surface area contributed by atoms with Crippen molar-refractivity contribution in [3.05, 3.63) is 126 Å². The van der Waals surface area contributed by atoms with E-state index in [1.54, 1.807) is 0 Å². The predicted molar refractivity (Wildman–Crippen MR) is 153 cm³/mol. The van der Waals surface area contributed by atoms with Gasteiger partial charge in [0.1, 0.15) is 0 Å². The van der Waals surface area contributed by atoms with E-state index in [0.29, 0.717) is 0 Å². The van der Waals surface area contributed by atoms with E-state index in [9.17, 15) is 0 Å². The Hall–Kier alpha value is -3.62. The Labute approximate surface area is 207 Å². The van der Waals surface area contributed by atoms with E-state index in [4.69, 9.17) is 0 Å². The third-order valence-corrected chi connectivity index (χ3v) is 7.35. The molecule has 1 heterocycles. The average molecular weight is 462 g/mol. The summed E-state index contributed by atoms with van der Waals surface area (Å²) in [4.78, 5) is 4.80. The van der Waals surface area contributed by atoms with Gasteiger partial charge < -0.3 is 4.90 Å². The smallest absolute Gasteiger partial charge is 0.0487 e. The summed E-state index contributed by atoms with van der Waals surface area (Å²) in [7, 11) is 2.13. The Balaban J connectivity index is 1.62. The quantitative estimate of drug-likeness (QED) is 0.248. The van der Waals surface area contributed by atoms with Gasteiger partial charge in [0.25, 0.3) is 0 Å². The first-order valence-corrected chi connectivity index (χ1v) is 12.4. The van der Waals surface area contributed by atoms with Gasteiger partial charge in [-0.2, -0.15) is 0 Å². The zero-order valence-electron chi connectivity index (χ0n) is 20.4. The largest absolute Gasteiger partial charge is 0.344 e. The minimum absolute atomic E-state index is 1.17. The lowest BCUT2D eigenvalue weighted by molar-refractivity contribution is 1.22. The highest BCUT2D eigenvalue weighted by atomic mass is 32.1. The van der Waals surface area contributed by atoms with Crippen LogP contribution < -0.4 is 4.90 Å². The number of fused-ring (bicyclic) bond motifs is 1. The topological polar surface area (TPSA) is 3.24 Å². The lowest BCUT2D eigenvalue weighted by atomic mass is 9.98. The van der Waals surface area contributed by atoms with E-state index in [2.05, 4.69) is 136 Å². The molecular weight excluding hydrogens is 430 g/mol. The molecule has 0 spiro atoms. The third-order valence-electron chi connectivity index (χ3n) is 6.18. The van der Waals surface area contributed by atoms with Crippen molar-refractivity contribution in [3.8, 4) is 10.4 Å². The molecule has 1 nitrogen and oxygen atoms in total. The average Bonchev–Trinajstić information content (AvgIpc) is 3.37. The normalized spacial score (nSPS) is 12.8. The van der Waals surface area contributed by atoms with Crippen LogP contribution in [0.5, 0.6) is 0 Å². The van der Waals surface area contributed by atoms with Crippen molar-refractivity contribution in [2.45, 2.75) is 20.8 Å². The van der Waals surface area contributed by atoms with Crippen LogP contribution in [0.15, 0.2) is 121 Å². The molecule has 0 aliphatic carbocycles. The number of hydrogen-bond donors (Lipinski definition) is 0. The van der Waals surface area contributed by atoms with Crippen LogP contribution in [0.25, 0.3) is 26.8 Å². The van der Waals surface area contributed by atoms with Gasteiger partial charge >= 0.3 is 0 Å². The van der Waals surface area contributed by atoms with Gasteiger partial charge in [-0.05, 0) is 78.8 Å². The van der Waals surface area contributed by atoms with Crippen LogP contribution in [0.3, 0.4) is 0 Å². The second-order valence-corrected chi connectivity index (χ2v) is 9.36. The van der Waals surface area contributed by atoms with Crippen LogP contribution in [-0.4, -0.2) is 7.05 Å². The lowest BCUT2D eigenvalue weighted by Gasteiger charge is -2.21. The van der Waals surface area contributed by atoms with E-state index < -0.39 is 0 Å². The second kappa shape index (κ2) is 10.5. The van der Waals surface area contributed by atoms with Crippen LogP contribution in [0.2, 0.25) is 0 Å². The summed E-state index contributed by atoms with van der Waals surface area (Å²) in [6, 6.07) is 28.3. The number of hydrogen-bond acceptors (Lipinski definition) is 2. The Kier molecular flexibility index (Phi) is 7.30. The summed E-state index contributed by atoms with van der Waals surface area (Å²) in [5.74, 6) is 0. The van der Waals surface area contributed by atoms with Crippen LogP contribution >= 0.6 is 11.3 Å². The number of nitrogens with zero attached hydrogens (tertiary/aromatic N) is 1. The van der Waals surface area contributed by atoms with Crippen LogP contribution in [0.4, 0.5) is 11.4 Å². The van der Waals surface area contributed by atoms with E-state index in [1.165, 1.54) is 54.2 Å². The first-order chi connectivity index (χ1) is 16.6. The highest BCUT2D eigenvalue weighted by Gasteiger charge is 2.12. The minimum Gasteiger partial charge on any atom is -0.344 e. The SMILES string of the molecule is C=C/C(C)=C(/C=C\C)C(=C/C)\c1ccc(-c2ccc(N(C)c3cccc4ccccc34)cc2)s1. The Morgan fingerprint density at radius 3 is 2.32 bits per heavy atom. The van der Waals surface area contributed by atoms with Gasteiger partial charge in [-0.15, -0.1) is 11.3 Å². The maximum Gasteiger partial charge on any atom is 0.0487 e. The number of allylic oxidation sites excluding steroid dienone is 7. The second-order valence-electron chi connectivity index (χ2n) is 8.27.